The van der Waals surface area contributed by atoms with E-state index in [0.29, 0.717) is 13.0 Å². The molecule has 0 atom stereocenters. The van der Waals surface area contributed by atoms with Gasteiger partial charge in [-0.3, -0.25) is 4.79 Å². The first kappa shape index (κ1) is 16.2. The molecule has 3 aromatic rings. The fourth-order valence-electron chi connectivity index (χ4n) is 2.27. The molecule has 1 amide bonds. The Hall–Kier alpha value is -2.66. The number of thiazole rings is 1. The number of rotatable bonds is 6. The number of nitrogens with one attached hydrogen (secondary N) is 1. The number of benzene rings is 2. The number of ether oxygens (including phenoxy) is 1. The monoisotopic (exact) mass is 338 g/mol. The van der Waals surface area contributed by atoms with Crippen molar-refractivity contribution in [3.05, 3.63) is 71.2 Å². The molecule has 0 unspecified atom stereocenters. The maximum atomic E-state index is 12.1. The van der Waals surface area contributed by atoms with Crippen molar-refractivity contribution in [3.63, 3.8) is 0 Å². The summed E-state index contributed by atoms with van der Waals surface area (Å²) >= 11 is 1.56. The van der Waals surface area contributed by atoms with Crippen molar-refractivity contribution in [1.29, 1.82) is 0 Å². The van der Waals surface area contributed by atoms with E-state index in [2.05, 4.69) is 10.3 Å². The van der Waals surface area contributed by atoms with Gasteiger partial charge in [-0.2, -0.15) is 0 Å². The lowest BCUT2D eigenvalue weighted by atomic mass is 10.2. The van der Waals surface area contributed by atoms with Gasteiger partial charge in [0.2, 0.25) is 5.91 Å². The molecule has 2 aromatic carbocycles. The van der Waals surface area contributed by atoms with E-state index in [-0.39, 0.29) is 5.91 Å². The summed E-state index contributed by atoms with van der Waals surface area (Å²) < 4.78 is 5.12. The third kappa shape index (κ3) is 4.20. The second-order valence-electron chi connectivity index (χ2n) is 5.31. The van der Waals surface area contributed by atoms with Crippen LogP contribution in [0.1, 0.15) is 11.3 Å². The summed E-state index contributed by atoms with van der Waals surface area (Å²) in [5.74, 6) is 0.775. The number of carbonyl (C=O) groups is 1. The number of aromatic nitrogens is 1. The summed E-state index contributed by atoms with van der Waals surface area (Å²) in [6, 6.07) is 17.6. The van der Waals surface area contributed by atoms with Crippen LogP contribution in [-0.2, 0) is 17.8 Å². The number of hydrogen-bond donors (Lipinski definition) is 1. The molecular weight excluding hydrogens is 320 g/mol. The van der Waals surface area contributed by atoms with Gasteiger partial charge in [-0.15, -0.1) is 11.3 Å². The van der Waals surface area contributed by atoms with E-state index >= 15 is 0 Å². The highest BCUT2D eigenvalue weighted by molar-refractivity contribution is 7.13. The number of hydrogen-bond acceptors (Lipinski definition) is 4. The van der Waals surface area contributed by atoms with Crippen LogP contribution in [0.4, 0.5) is 0 Å². The summed E-state index contributed by atoms with van der Waals surface area (Å²) in [5, 5.41) is 5.80. The van der Waals surface area contributed by atoms with Gasteiger partial charge in [0.05, 0.1) is 19.2 Å². The average Bonchev–Trinajstić information content (AvgIpc) is 3.09. The van der Waals surface area contributed by atoms with E-state index in [0.717, 1.165) is 27.6 Å². The molecule has 4 nitrogen and oxygen atoms in total. The van der Waals surface area contributed by atoms with Crippen LogP contribution >= 0.6 is 11.3 Å². The van der Waals surface area contributed by atoms with Gasteiger partial charge in [0.15, 0.2) is 0 Å². The second-order valence-corrected chi connectivity index (χ2v) is 6.17. The van der Waals surface area contributed by atoms with Gasteiger partial charge < -0.3 is 10.1 Å². The highest BCUT2D eigenvalue weighted by Crippen LogP contribution is 2.23. The zero-order chi connectivity index (χ0) is 16.8. The lowest BCUT2D eigenvalue weighted by Gasteiger charge is -2.05. The van der Waals surface area contributed by atoms with Crippen LogP contribution in [-0.4, -0.2) is 18.0 Å². The minimum Gasteiger partial charge on any atom is -0.497 e. The van der Waals surface area contributed by atoms with Crippen molar-refractivity contribution in [1.82, 2.24) is 10.3 Å². The van der Waals surface area contributed by atoms with E-state index in [1.54, 1.807) is 18.4 Å². The molecule has 0 aliphatic carbocycles. The minimum atomic E-state index is -0.0317. The molecule has 1 N–H and O–H groups in total. The summed E-state index contributed by atoms with van der Waals surface area (Å²) in [7, 11) is 1.63. The minimum absolute atomic E-state index is 0.0317. The third-order valence-electron chi connectivity index (χ3n) is 3.56. The van der Waals surface area contributed by atoms with E-state index in [4.69, 9.17) is 4.74 Å². The Morgan fingerprint density at radius 3 is 2.58 bits per heavy atom. The number of carbonyl (C=O) groups excluding carboxylic acids is 1. The van der Waals surface area contributed by atoms with Crippen LogP contribution in [0.5, 0.6) is 5.75 Å². The van der Waals surface area contributed by atoms with Crippen LogP contribution in [0, 0.1) is 0 Å². The molecule has 0 fully saturated rings. The summed E-state index contributed by atoms with van der Waals surface area (Å²) in [6.07, 6.45) is 0.291. The molecule has 1 heterocycles. The van der Waals surface area contributed by atoms with Crippen LogP contribution in [0.25, 0.3) is 10.6 Å². The van der Waals surface area contributed by atoms with Gasteiger partial charge in [0.25, 0.3) is 0 Å². The molecule has 0 bridgehead atoms. The van der Waals surface area contributed by atoms with Gasteiger partial charge >= 0.3 is 0 Å². The zero-order valence-corrected chi connectivity index (χ0v) is 14.2. The molecule has 24 heavy (non-hydrogen) atoms. The number of amides is 1. The predicted molar refractivity (Wildman–Crippen MR) is 96.1 cm³/mol. The normalized spacial score (nSPS) is 10.4. The Labute approximate surface area is 145 Å². The van der Waals surface area contributed by atoms with Gasteiger partial charge in [0, 0.05) is 17.5 Å². The maximum absolute atomic E-state index is 12.1. The molecule has 0 spiro atoms. The van der Waals surface area contributed by atoms with E-state index in [1.807, 2.05) is 60.0 Å². The number of methoxy groups -OCH3 is 1. The molecule has 0 saturated carbocycles. The Balaban J connectivity index is 1.54. The quantitative estimate of drug-likeness (QED) is 0.746. The summed E-state index contributed by atoms with van der Waals surface area (Å²) in [4.78, 5) is 16.6. The first-order valence-corrected chi connectivity index (χ1v) is 8.52. The van der Waals surface area contributed by atoms with Gasteiger partial charge in [-0.1, -0.05) is 42.5 Å². The predicted octanol–water partition coefficient (Wildman–Crippen LogP) is 3.68. The molecule has 5 heteroatoms. The molecule has 3 rings (SSSR count). The Bertz CT molecular complexity index is 798. The van der Waals surface area contributed by atoms with E-state index in [9.17, 15) is 4.79 Å². The van der Waals surface area contributed by atoms with Crippen LogP contribution in [0.15, 0.2) is 60.0 Å². The Morgan fingerprint density at radius 1 is 1.12 bits per heavy atom. The first-order chi connectivity index (χ1) is 11.7. The molecule has 0 radical (unpaired) electrons. The van der Waals surface area contributed by atoms with E-state index < -0.39 is 0 Å². The lowest BCUT2D eigenvalue weighted by molar-refractivity contribution is -0.120. The highest BCUT2D eigenvalue weighted by Gasteiger charge is 2.09. The van der Waals surface area contributed by atoms with Crippen molar-refractivity contribution >= 4 is 17.2 Å². The van der Waals surface area contributed by atoms with Crippen LogP contribution < -0.4 is 10.1 Å². The fraction of sp³-hybridized carbons (Fsp3) is 0.158. The average molecular weight is 338 g/mol. The molecule has 0 aliphatic rings. The van der Waals surface area contributed by atoms with Gasteiger partial charge in [-0.25, -0.2) is 4.98 Å². The van der Waals surface area contributed by atoms with Crippen molar-refractivity contribution in [2.45, 2.75) is 13.0 Å². The van der Waals surface area contributed by atoms with Gasteiger partial charge in [0.1, 0.15) is 10.8 Å². The number of nitrogens with zero attached hydrogens (tertiary/aromatic N) is 1. The van der Waals surface area contributed by atoms with Crippen molar-refractivity contribution in [2.75, 3.05) is 7.11 Å². The lowest BCUT2D eigenvalue weighted by Crippen LogP contribution is -2.24. The van der Waals surface area contributed by atoms with Crippen LogP contribution in [0.2, 0.25) is 0 Å². The largest absolute Gasteiger partial charge is 0.497 e. The Kier molecular flexibility index (Phi) is 5.23. The standard InChI is InChI=1S/C19H18N2O2S/c1-23-17-9-7-14(8-10-17)12-20-18(22)11-16-13-24-19(21-16)15-5-3-2-4-6-15/h2-10,13H,11-12H2,1H3,(H,20,22). The van der Waals surface area contributed by atoms with Crippen LogP contribution in [0.3, 0.4) is 0 Å². The summed E-state index contributed by atoms with van der Waals surface area (Å²) in [6.45, 7) is 0.499. The maximum Gasteiger partial charge on any atom is 0.226 e. The zero-order valence-electron chi connectivity index (χ0n) is 13.4. The molecule has 0 saturated heterocycles. The molecule has 122 valence electrons. The molecule has 1 aromatic heterocycles. The van der Waals surface area contributed by atoms with Crippen molar-refractivity contribution < 1.29 is 9.53 Å². The summed E-state index contributed by atoms with van der Waals surface area (Å²) in [5.41, 5.74) is 2.91. The highest BCUT2D eigenvalue weighted by atomic mass is 32.1. The Morgan fingerprint density at radius 2 is 1.88 bits per heavy atom. The van der Waals surface area contributed by atoms with Gasteiger partial charge in [-0.05, 0) is 17.7 Å². The smallest absolute Gasteiger partial charge is 0.226 e. The molecule has 0 aliphatic heterocycles. The second kappa shape index (κ2) is 7.75. The first-order valence-electron chi connectivity index (χ1n) is 7.64. The fourth-order valence-corrected chi connectivity index (χ4v) is 3.10. The molecular formula is C19H18N2O2S. The topological polar surface area (TPSA) is 51.2 Å². The SMILES string of the molecule is COc1ccc(CNC(=O)Cc2csc(-c3ccccc3)n2)cc1. The van der Waals surface area contributed by atoms with E-state index in [1.165, 1.54) is 0 Å². The van der Waals surface area contributed by atoms with Crippen molar-refractivity contribution in [3.8, 4) is 16.3 Å². The van der Waals surface area contributed by atoms with Crippen molar-refractivity contribution in [2.24, 2.45) is 0 Å². The third-order valence-corrected chi connectivity index (χ3v) is 4.50.